The van der Waals surface area contributed by atoms with Gasteiger partial charge in [0, 0.05) is 5.56 Å². The number of benzene rings is 2. The predicted octanol–water partition coefficient (Wildman–Crippen LogP) is 3.71. The van der Waals surface area contributed by atoms with Gasteiger partial charge < -0.3 is 9.84 Å². The van der Waals surface area contributed by atoms with E-state index < -0.39 is 12.5 Å². The molecule has 0 saturated heterocycles. The van der Waals surface area contributed by atoms with Gasteiger partial charge in [-0.3, -0.25) is 0 Å². The van der Waals surface area contributed by atoms with E-state index in [-0.39, 0.29) is 5.56 Å². The Balaban J connectivity index is 2.32. The van der Waals surface area contributed by atoms with Gasteiger partial charge in [-0.2, -0.15) is 0 Å². The Labute approximate surface area is 110 Å². The van der Waals surface area contributed by atoms with E-state index in [2.05, 4.69) is 0 Å². The molecule has 0 saturated carbocycles. The molecule has 1 N–H and O–H groups in total. The van der Waals surface area contributed by atoms with Gasteiger partial charge in [0.05, 0.1) is 7.11 Å². The molecule has 2 nitrogen and oxygen atoms in total. The van der Waals surface area contributed by atoms with Crippen molar-refractivity contribution in [3.05, 3.63) is 65.2 Å². The average molecular weight is 264 g/mol. The third-order valence-electron chi connectivity index (χ3n) is 2.89. The number of methoxy groups -OCH3 is 1. The van der Waals surface area contributed by atoms with Crippen LogP contribution in [0.4, 0.5) is 8.78 Å². The minimum atomic E-state index is -2.54. The lowest BCUT2D eigenvalue weighted by Crippen LogP contribution is -2.01. The number of aliphatic hydroxyl groups excluding tert-OH is 1. The van der Waals surface area contributed by atoms with E-state index in [4.69, 9.17) is 4.74 Å². The molecule has 2 aromatic carbocycles. The van der Waals surface area contributed by atoms with Crippen LogP contribution >= 0.6 is 0 Å². The second-order valence-electron chi connectivity index (χ2n) is 4.15. The quantitative estimate of drug-likeness (QED) is 0.912. The first-order chi connectivity index (χ1) is 9.11. The maximum atomic E-state index is 12.6. The lowest BCUT2D eigenvalue weighted by Gasteiger charge is -2.13. The predicted molar refractivity (Wildman–Crippen MR) is 68.5 cm³/mol. The number of aliphatic hydroxyl groups is 1. The highest BCUT2D eigenvalue weighted by Gasteiger charge is 2.14. The smallest absolute Gasteiger partial charge is 0.263 e. The van der Waals surface area contributed by atoms with Gasteiger partial charge in [0.25, 0.3) is 6.43 Å². The number of alkyl halides is 2. The van der Waals surface area contributed by atoms with E-state index in [9.17, 15) is 13.9 Å². The highest BCUT2D eigenvalue weighted by Crippen LogP contribution is 2.28. The van der Waals surface area contributed by atoms with Gasteiger partial charge in [-0.15, -0.1) is 0 Å². The summed E-state index contributed by atoms with van der Waals surface area (Å²) in [5.74, 6) is 0.613. The Kier molecular flexibility index (Phi) is 4.12. The fraction of sp³-hybridized carbons (Fsp3) is 0.200. The van der Waals surface area contributed by atoms with Crippen LogP contribution in [-0.4, -0.2) is 12.2 Å². The van der Waals surface area contributed by atoms with Crippen molar-refractivity contribution in [2.24, 2.45) is 0 Å². The van der Waals surface area contributed by atoms with Gasteiger partial charge in [0.15, 0.2) is 0 Å². The molecular weight excluding hydrogens is 250 g/mol. The van der Waals surface area contributed by atoms with Crippen LogP contribution in [0, 0.1) is 0 Å². The van der Waals surface area contributed by atoms with Crippen molar-refractivity contribution in [1.82, 2.24) is 0 Å². The minimum absolute atomic E-state index is 0.0977. The molecule has 0 bridgehead atoms. The van der Waals surface area contributed by atoms with E-state index in [1.165, 1.54) is 25.3 Å². The molecule has 0 aromatic heterocycles. The molecule has 19 heavy (non-hydrogen) atoms. The Morgan fingerprint density at radius 3 is 2.16 bits per heavy atom. The third-order valence-corrected chi connectivity index (χ3v) is 2.89. The fourth-order valence-corrected chi connectivity index (χ4v) is 1.87. The van der Waals surface area contributed by atoms with Gasteiger partial charge in [-0.05, 0) is 29.3 Å². The SMILES string of the molecule is COc1cccc(C(O)c2cccc(C(F)F)c2)c1. The minimum Gasteiger partial charge on any atom is -0.497 e. The summed E-state index contributed by atoms with van der Waals surface area (Å²) in [5.41, 5.74) is 0.941. The maximum Gasteiger partial charge on any atom is 0.263 e. The molecule has 0 fully saturated rings. The molecule has 0 aliphatic carbocycles. The lowest BCUT2D eigenvalue weighted by molar-refractivity contribution is 0.150. The zero-order valence-corrected chi connectivity index (χ0v) is 10.4. The summed E-state index contributed by atoms with van der Waals surface area (Å²) in [6.07, 6.45) is -3.49. The van der Waals surface area contributed by atoms with Crippen molar-refractivity contribution in [3.63, 3.8) is 0 Å². The number of hydrogen-bond acceptors (Lipinski definition) is 2. The zero-order valence-electron chi connectivity index (χ0n) is 10.4. The Morgan fingerprint density at radius 1 is 0.947 bits per heavy atom. The highest BCUT2D eigenvalue weighted by molar-refractivity contribution is 5.36. The summed E-state index contributed by atoms with van der Waals surface area (Å²) >= 11 is 0. The molecular formula is C15H14F2O2. The fourth-order valence-electron chi connectivity index (χ4n) is 1.87. The summed E-state index contributed by atoms with van der Waals surface area (Å²) in [6.45, 7) is 0. The summed E-state index contributed by atoms with van der Waals surface area (Å²) in [5, 5.41) is 10.2. The number of halogens is 2. The third kappa shape index (κ3) is 3.09. The molecule has 2 rings (SSSR count). The molecule has 0 spiro atoms. The standard InChI is InChI=1S/C15H14F2O2/c1-19-13-7-3-5-11(9-13)14(18)10-4-2-6-12(8-10)15(16)17/h2-9,14-15,18H,1H3. The van der Waals surface area contributed by atoms with Crippen LogP contribution in [-0.2, 0) is 0 Å². The van der Waals surface area contributed by atoms with E-state index in [1.54, 1.807) is 30.3 Å². The summed E-state index contributed by atoms with van der Waals surface area (Å²) < 4.78 is 30.3. The van der Waals surface area contributed by atoms with Crippen LogP contribution in [0.15, 0.2) is 48.5 Å². The lowest BCUT2D eigenvalue weighted by atomic mass is 9.99. The largest absolute Gasteiger partial charge is 0.497 e. The average Bonchev–Trinajstić information content (AvgIpc) is 2.46. The zero-order chi connectivity index (χ0) is 13.8. The number of hydrogen-bond donors (Lipinski definition) is 1. The van der Waals surface area contributed by atoms with Crippen molar-refractivity contribution in [2.75, 3.05) is 7.11 Å². The molecule has 0 aliphatic heterocycles. The van der Waals surface area contributed by atoms with Crippen LogP contribution < -0.4 is 4.74 Å². The van der Waals surface area contributed by atoms with Crippen LogP contribution in [0.3, 0.4) is 0 Å². The maximum absolute atomic E-state index is 12.6. The monoisotopic (exact) mass is 264 g/mol. The first kappa shape index (κ1) is 13.5. The van der Waals surface area contributed by atoms with Gasteiger partial charge >= 0.3 is 0 Å². The van der Waals surface area contributed by atoms with E-state index in [0.717, 1.165) is 0 Å². The van der Waals surface area contributed by atoms with Crippen molar-refractivity contribution in [1.29, 1.82) is 0 Å². The molecule has 0 amide bonds. The second-order valence-corrected chi connectivity index (χ2v) is 4.15. The van der Waals surface area contributed by atoms with Gasteiger partial charge in [-0.25, -0.2) is 8.78 Å². The highest BCUT2D eigenvalue weighted by atomic mass is 19.3. The Bertz CT molecular complexity index is 555. The number of ether oxygens (including phenoxy) is 1. The van der Waals surface area contributed by atoms with Crippen LogP contribution in [0.5, 0.6) is 5.75 Å². The molecule has 0 aliphatic rings. The molecule has 0 radical (unpaired) electrons. The molecule has 0 heterocycles. The topological polar surface area (TPSA) is 29.5 Å². The van der Waals surface area contributed by atoms with Crippen molar-refractivity contribution in [3.8, 4) is 5.75 Å². The van der Waals surface area contributed by atoms with Gasteiger partial charge in [0.1, 0.15) is 11.9 Å². The van der Waals surface area contributed by atoms with E-state index in [1.807, 2.05) is 0 Å². The first-order valence-corrected chi connectivity index (χ1v) is 5.82. The number of rotatable bonds is 4. The second kappa shape index (κ2) is 5.80. The van der Waals surface area contributed by atoms with E-state index in [0.29, 0.717) is 16.9 Å². The Morgan fingerprint density at radius 2 is 1.53 bits per heavy atom. The van der Waals surface area contributed by atoms with Crippen LogP contribution in [0.2, 0.25) is 0 Å². The Hall–Kier alpha value is -1.94. The van der Waals surface area contributed by atoms with Crippen LogP contribution in [0.25, 0.3) is 0 Å². The summed E-state index contributed by atoms with van der Waals surface area (Å²) in [6, 6.07) is 12.7. The van der Waals surface area contributed by atoms with E-state index >= 15 is 0 Å². The first-order valence-electron chi connectivity index (χ1n) is 5.82. The summed E-state index contributed by atoms with van der Waals surface area (Å²) in [7, 11) is 1.53. The van der Waals surface area contributed by atoms with Gasteiger partial charge in [0.2, 0.25) is 0 Å². The van der Waals surface area contributed by atoms with Crippen molar-refractivity contribution < 1.29 is 18.6 Å². The molecule has 1 atom stereocenters. The molecule has 2 aromatic rings. The molecule has 4 heteroatoms. The summed E-state index contributed by atoms with van der Waals surface area (Å²) in [4.78, 5) is 0. The van der Waals surface area contributed by atoms with Crippen molar-refractivity contribution in [2.45, 2.75) is 12.5 Å². The van der Waals surface area contributed by atoms with Crippen LogP contribution in [0.1, 0.15) is 29.2 Å². The molecule has 100 valence electrons. The van der Waals surface area contributed by atoms with Gasteiger partial charge in [-0.1, -0.05) is 30.3 Å². The normalized spacial score (nSPS) is 12.5. The molecule has 1 unspecified atom stereocenters. The van der Waals surface area contributed by atoms with Crippen molar-refractivity contribution >= 4 is 0 Å².